The maximum absolute atomic E-state index is 11.8. The van der Waals surface area contributed by atoms with Crippen molar-refractivity contribution >= 4 is 5.78 Å². The van der Waals surface area contributed by atoms with Crippen LogP contribution in [0.3, 0.4) is 0 Å². The van der Waals surface area contributed by atoms with Crippen LogP contribution >= 0.6 is 0 Å². The van der Waals surface area contributed by atoms with E-state index in [-0.39, 0.29) is 5.92 Å². The largest absolute Gasteiger partial charge is 0.299 e. The average molecular weight is 220 g/mol. The zero-order chi connectivity index (χ0) is 11.9. The number of ketones is 1. The third kappa shape index (κ3) is 1.85. The molecule has 0 aromatic carbocycles. The van der Waals surface area contributed by atoms with E-state index in [1.807, 2.05) is 0 Å². The van der Waals surface area contributed by atoms with Crippen LogP contribution in [-0.4, -0.2) is 5.78 Å². The molecule has 2 rings (SSSR count). The van der Waals surface area contributed by atoms with Crippen molar-refractivity contribution in [1.82, 2.24) is 0 Å². The zero-order valence-electron chi connectivity index (χ0n) is 10.9. The lowest BCUT2D eigenvalue weighted by atomic mass is 9.54. The van der Waals surface area contributed by atoms with Gasteiger partial charge in [0.25, 0.3) is 0 Å². The number of fused-ring (bicyclic) bond motifs is 1. The van der Waals surface area contributed by atoms with Gasteiger partial charge in [-0.05, 0) is 49.9 Å². The molecule has 0 saturated heterocycles. The van der Waals surface area contributed by atoms with Crippen LogP contribution in [0.15, 0.2) is 12.2 Å². The average Bonchev–Trinajstić information content (AvgIpc) is 2.24. The van der Waals surface area contributed by atoms with Crippen molar-refractivity contribution in [3.05, 3.63) is 12.2 Å². The van der Waals surface area contributed by atoms with Gasteiger partial charge in [0.1, 0.15) is 5.78 Å². The van der Waals surface area contributed by atoms with Crippen LogP contribution in [0.4, 0.5) is 0 Å². The minimum absolute atomic E-state index is 0.279. The van der Waals surface area contributed by atoms with E-state index >= 15 is 0 Å². The quantitative estimate of drug-likeness (QED) is 0.611. The second-order valence-corrected chi connectivity index (χ2v) is 6.33. The SMILES string of the molecule is C=C(C)[C@@H]1CC[C@@]2(C)CCC(=O)[C@@H](C)[C@@H]2C1. The van der Waals surface area contributed by atoms with E-state index < -0.39 is 0 Å². The maximum Gasteiger partial charge on any atom is 0.136 e. The fourth-order valence-corrected chi connectivity index (χ4v) is 3.82. The predicted molar refractivity (Wildman–Crippen MR) is 67.2 cm³/mol. The molecule has 0 N–H and O–H groups in total. The van der Waals surface area contributed by atoms with Gasteiger partial charge in [-0.15, -0.1) is 0 Å². The van der Waals surface area contributed by atoms with Gasteiger partial charge in [0.15, 0.2) is 0 Å². The molecule has 0 heterocycles. The molecule has 0 aromatic rings. The van der Waals surface area contributed by atoms with Crippen LogP contribution < -0.4 is 0 Å². The highest BCUT2D eigenvalue weighted by molar-refractivity contribution is 5.82. The number of hydrogen-bond donors (Lipinski definition) is 0. The van der Waals surface area contributed by atoms with Gasteiger partial charge in [-0.2, -0.15) is 0 Å². The Kier molecular flexibility index (Phi) is 2.98. The lowest BCUT2D eigenvalue weighted by Crippen LogP contribution is -2.44. The van der Waals surface area contributed by atoms with E-state index in [2.05, 4.69) is 27.4 Å². The summed E-state index contributed by atoms with van der Waals surface area (Å²) in [5.74, 6) is 2.03. The van der Waals surface area contributed by atoms with E-state index in [1.165, 1.54) is 24.8 Å². The summed E-state index contributed by atoms with van der Waals surface area (Å²) >= 11 is 0. The van der Waals surface area contributed by atoms with Crippen molar-refractivity contribution in [2.45, 2.75) is 52.9 Å². The lowest BCUT2D eigenvalue weighted by molar-refractivity contribution is -0.133. The number of hydrogen-bond acceptors (Lipinski definition) is 1. The fourth-order valence-electron chi connectivity index (χ4n) is 3.82. The first-order chi connectivity index (χ1) is 7.44. The highest BCUT2D eigenvalue weighted by Gasteiger charge is 2.47. The van der Waals surface area contributed by atoms with Crippen molar-refractivity contribution < 1.29 is 4.79 Å². The van der Waals surface area contributed by atoms with Crippen molar-refractivity contribution in [3.8, 4) is 0 Å². The molecule has 1 heteroatoms. The van der Waals surface area contributed by atoms with Gasteiger partial charge in [0.2, 0.25) is 0 Å². The smallest absolute Gasteiger partial charge is 0.136 e. The second kappa shape index (κ2) is 4.01. The van der Waals surface area contributed by atoms with E-state index in [1.54, 1.807) is 0 Å². The van der Waals surface area contributed by atoms with Gasteiger partial charge in [-0.25, -0.2) is 0 Å². The third-order valence-corrected chi connectivity index (χ3v) is 5.25. The fraction of sp³-hybridized carbons (Fsp3) is 0.800. The number of carbonyl (C=O) groups excluding carboxylic acids is 1. The Balaban J connectivity index is 2.18. The van der Waals surface area contributed by atoms with E-state index in [4.69, 9.17) is 0 Å². The number of carbonyl (C=O) groups is 1. The number of allylic oxidation sites excluding steroid dienone is 1. The molecule has 0 spiro atoms. The Bertz CT molecular complexity index is 317. The first-order valence-corrected chi connectivity index (χ1v) is 6.62. The normalized spacial score (nSPS) is 43.9. The Hall–Kier alpha value is -0.590. The monoisotopic (exact) mass is 220 g/mol. The lowest BCUT2D eigenvalue weighted by Gasteiger charge is -2.50. The molecule has 0 aliphatic heterocycles. The molecule has 2 aliphatic carbocycles. The summed E-state index contributed by atoms with van der Waals surface area (Å²) in [5, 5.41) is 0. The van der Waals surface area contributed by atoms with Gasteiger partial charge >= 0.3 is 0 Å². The predicted octanol–water partition coefficient (Wildman–Crippen LogP) is 3.98. The summed E-state index contributed by atoms with van der Waals surface area (Å²) in [7, 11) is 0. The van der Waals surface area contributed by atoms with Crippen LogP contribution in [0.1, 0.15) is 52.9 Å². The first kappa shape index (κ1) is 11.9. The maximum atomic E-state index is 11.8. The Morgan fingerprint density at radius 1 is 1.44 bits per heavy atom. The molecule has 1 nitrogen and oxygen atoms in total. The Labute approximate surface area is 99.3 Å². The van der Waals surface area contributed by atoms with Crippen molar-refractivity contribution in [1.29, 1.82) is 0 Å². The standard InChI is InChI=1S/C15H24O/c1-10(2)12-5-7-15(4)8-6-14(16)11(3)13(15)9-12/h11-13H,1,5-9H2,2-4H3/t11-,12+,13-,15-/m0/s1. The van der Waals surface area contributed by atoms with Gasteiger partial charge in [-0.3, -0.25) is 4.79 Å². The Morgan fingerprint density at radius 3 is 2.75 bits per heavy atom. The minimum Gasteiger partial charge on any atom is -0.299 e. The molecule has 16 heavy (non-hydrogen) atoms. The summed E-state index contributed by atoms with van der Waals surface area (Å²) in [6.07, 6.45) is 5.68. The van der Waals surface area contributed by atoms with Gasteiger partial charge in [-0.1, -0.05) is 26.0 Å². The third-order valence-electron chi connectivity index (χ3n) is 5.25. The molecule has 2 aliphatic rings. The number of Topliss-reactive ketones (excluding diaryl/α,β-unsaturated/α-hetero) is 1. The number of rotatable bonds is 1. The molecule has 0 aromatic heterocycles. The molecule has 2 fully saturated rings. The van der Waals surface area contributed by atoms with Crippen LogP contribution in [0.25, 0.3) is 0 Å². The zero-order valence-corrected chi connectivity index (χ0v) is 10.9. The molecule has 0 radical (unpaired) electrons. The first-order valence-electron chi connectivity index (χ1n) is 6.62. The molecule has 0 unspecified atom stereocenters. The van der Waals surface area contributed by atoms with Crippen LogP contribution in [0.2, 0.25) is 0 Å². The molecular formula is C15H24O. The van der Waals surface area contributed by atoms with Crippen LogP contribution in [-0.2, 0) is 4.79 Å². The Morgan fingerprint density at radius 2 is 2.12 bits per heavy atom. The van der Waals surface area contributed by atoms with Gasteiger partial charge in [0.05, 0.1) is 0 Å². The molecule has 0 bridgehead atoms. The highest BCUT2D eigenvalue weighted by atomic mass is 16.1. The molecular weight excluding hydrogens is 196 g/mol. The highest BCUT2D eigenvalue weighted by Crippen LogP contribution is 2.53. The van der Waals surface area contributed by atoms with E-state index in [0.29, 0.717) is 23.0 Å². The summed E-state index contributed by atoms with van der Waals surface area (Å²) in [6, 6.07) is 0. The van der Waals surface area contributed by atoms with Crippen molar-refractivity contribution in [2.75, 3.05) is 0 Å². The summed E-state index contributed by atoms with van der Waals surface area (Å²) < 4.78 is 0. The molecule has 90 valence electrons. The second-order valence-electron chi connectivity index (χ2n) is 6.33. The molecule has 0 amide bonds. The summed E-state index contributed by atoms with van der Waals surface area (Å²) in [5.41, 5.74) is 1.74. The molecule has 4 atom stereocenters. The summed E-state index contributed by atoms with van der Waals surface area (Å²) in [6.45, 7) is 10.8. The molecule has 2 saturated carbocycles. The van der Waals surface area contributed by atoms with Crippen molar-refractivity contribution in [3.63, 3.8) is 0 Å². The van der Waals surface area contributed by atoms with Gasteiger partial charge in [0, 0.05) is 12.3 Å². The van der Waals surface area contributed by atoms with E-state index in [0.717, 1.165) is 12.8 Å². The summed E-state index contributed by atoms with van der Waals surface area (Å²) in [4.78, 5) is 11.8. The minimum atomic E-state index is 0.279. The van der Waals surface area contributed by atoms with Crippen LogP contribution in [0, 0.1) is 23.2 Å². The van der Waals surface area contributed by atoms with Crippen LogP contribution in [0.5, 0.6) is 0 Å². The topological polar surface area (TPSA) is 17.1 Å². The van der Waals surface area contributed by atoms with Gasteiger partial charge < -0.3 is 0 Å². The van der Waals surface area contributed by atoms with Crippen molar-refractivity contribution in [2.24, 2.45) is 23.2 Å². The van der Waals surface area contributed by atoms with E-state index in [9.17, 15) is 4.79 Å².